The number of amides is 1. The molecule has 3 heterocycles. The lowest BCUT2D eigenvalue weighted by atomic mass is 9.79. The Kier molecular flexibility index (Phi) is 5.43. The summed E-state index contributed by atoms with van der Waals surface area (Å²) < 4.78 is 11.1. The van der Waals surface area contributed by atoms with E-state index >= 15 is 0 Å². The van der Waals surface area contributed by atoms with Crippen molar-refractivity contribution in [1.29, 1.82) is 0 Å². The van der Waals surface area contributed by atoms with Crippen molar-refractivity contribution >= 4 is 5.91 Å². The summed E-state index contributed by atoms with van der Waals surface area (Å²) >= 11 is 0. The number of nitrogens with zero attached hydrogens (tertiary/aromatic N) is 2. The van der Waals surface area contributed by atoms with Gasteiger partial charge in [-0.3, -0.25) is 14.7 Å². The molecule has 1 saturated heterocycles. The van der Waals surface area contributed by atoms with Crippen molar-refractivity contribution in [3.05, 3.63) is 52.8 Å². The minimum Gasteiger partial charge on any atom is -0.493 e. The molecule has 1 aromatic heterocycles. The molecule has 154 valence electrons. The Morgan fingerprint density at radius 1 is 1.31 bits per heavy atom. The topological polar surface area (TPSA) is 104 Å². The van der Waals surface area contributed by atoms with E-state index in [1.165, 1.54) is 16.7 Å². The van der Waals surface area contributed by atoms with Gasteiger partial charge in [-0.05, 0) is 60.7 Å². The first-order valence-electron chi connectivity index (χ1n) is 10.0. The number of piperidine rings is 1. The van der Waals surface area contributed by atoms with Gasteiger partial charge in [-0.1, -0.05) is 0 Å². The van der Waals surface area contributed by atoms with E-state index < -0.39 is 5.91 Å². The Morgan fingerprint density at radius 2 is 2.14 bits per heavy atom. The summed E-state index contributed by atoms with van der Waals surface area (Å²) in [6.45, 7) is 3.77. The molecule has 29 heavy (non-hydrogen) atoms. The van der Waals surface area contributed by atoms with Crippen molar-refractivity contribution in [3.63, 3.8) is 0 Å². The number of carbonyl (C=O) groups is 1. The van der Waals surface area contributed by atoms with Gasteiger partial charge in [0, 0.05) is 43.0 Å². The minimum absolute atomic E-state index is 0.0354. The molecular formula is C22H28N4O3. The molecule has 7 nitrogen and oxygen atoms in total. The molecule has 1 fully saturated rings. The third-order valence-corrected chi connectivity index (χ3v) is 6.02. The summed E-state index contributed by atoms with van der Waals surface area (Å²) in [7, 11) is 1.60. The average molecular weight is 396 g/mol. The van der Waals surface area contributed by atoms with E-state index in [0.29, 0.717) is 11.5 Å². The maximum atomic E-state index is 11.1. The molecule has 1 amide bonds. The number of carbonyl (C=O) groups excluding carboxylic acids is 1. The second-order valence-electron chi connectivity index (χ2n) is 7.98. The van der Waals surface area contributed by atoms with Crippen molar-refractivity contribution in [2.24, 2.45) is 11.5 Å². The first kappa shape index (κ1) is 19.7. The third kappa shape index (κ3) is 3.93. The van der Waals surface area contributed by atoms with Crippen LogP contribution in [0, 0.1) is 6.92 Å². The predicted molar refractivity (Wildman–Crippen MR) is 110 cm³/mol. The fraction of sp³-hybridized carbons (Fsp3) is 0.455. The molecule has 0 spiro atoms. The summed E-state index contributed by atoms with van der Waals surface area (Å²) in [5, 5.41) is 0. The lowest BCUT2D eigenvalue weighted by molar-refractivity contribution is -0.119. The van der Waals surface area contributed by atoms with Crippen LogP contribution in [0.2, 0.25) is 0 Å². The van der Waals surface area contributed by atoms with Gasteiger partial charge in [0.2, 0.25) is 0 Å². The van der Waals surface area contributed by atoms with E-state index in [2.05, 4.69) is 22.9 Å². The highest BCUT2D eigenvalue weighted by molar-refractivity contribution is 5.75. The van der Waals surface area contributed by atoms with Crippen molar-refractivity contribution in [2.45, 2.75) is 37.8 Å². The summed E-state index contributed by atoms with van der Waals surface area (Å²) in [6, 6.07) is 8.45. The highest BCUT2D eigenvalue weighted by Crippen LogP contribution is 2.44. The molecule has 0 bridgehead atoms. The summed E-state index contributed by atoms with van der Waals surface area (Å²) in [6.07, 6.45) is 3.64. The Morgan fingerprint density at radius 3 is 2.86 bits per heavy atom. The SMILES string of the molecule is COc1cc2c(cc1OCC(N)=O)CCN1C[C@H](c3cc(C)ccn3)[C@@H](N)C[C@@H]21. The summed E-state index contributed by atoms with van der Waals surface area (Å²) in [5.41, 5.74) is 16.6. The quantitative estimate of drug-likeness (QED) is 0.797. The van der Waals surface area contributed by atoms with Gasteiger partial charge in [0.1, 0.15) is 0 Å². The molecule has 2 aliphatic heterocycles. The second-order valence-corrected chi connectivity index (χ2v) is 7.98. The average Bonchev–Trinajstić information content (AvgIpc) is 2.71. The molecule has 4 rings (SSSR count). The van der Waals surface area contributed by atoms with Gasteiger partial charge in [-0.25, -0.2) is 0 Å². The molecule has 0 unspecified atom stereocenters. The van der Waals surface area contributed by atoms with Crippen LogP contribution in [0.25, 0.3) is 0 Å². The van der Waals surface area contributed by atoms with Crippen molar-refractivity contribution in [1.82, 2.24) is 9.88 Å². The third-order valence-electron chi connectivity index (χ3n) is 6.02. The number of nitrogens with two attached hydrogens (primary N) is 2. The summed E-state index contributed by atoms with van der Waals surface area (Å²) in [4.78, 5) is 18.2. The van der Waals surface area contributed by atoms with Crippen LogP contribution >= 0.6 is 0 Å². The number of benzene rings is 1. The van der Waals surface area contributed by atoms with Crippen molar-refractivity contribution in [2.75, 3.05) is 26.8 Å². The number of rotatable bonds is 5. The Balaban J connectivity index is 1.60. The van der Waals surface area contributed by atoms with E-state index in [0.717, 1.165) is 31.6 Å². The molecule has 7 heteroatoms. The molecule has 3 atom stereocenters. The first-order chi connectivity index (χ1) is 14.0. The number of hydrogen-bond donors (Lipinski definition) is 2. The molecule has 1 aromatic carbocycles. The van der Waals surface area contributed by atoms with Crippen LogP contribution in [0.1, 0.15) is 40.8 Å². The lowest BCUT2D eigenvalue weighted by Gasteiger charge is -2.46. The molecule has 0 saturated carbocycles. The minimum atomic E-state index is -0.509. The Bertz CT molecular complexity index is 917. The number of ether oxygens (including phenoxy) is 2. The predicted octanol–water partition coefficient (Wildman–Crippen LogP) is 1.68. The zero-order valence-electron chi connectivity index (χ0n) is 16.9. The number of pyridine rings is 1. The fourth-order valence-corrected chi connectivity index (χ4v) is 4.56. The number of primary amides is 1. The number of aromatic nitrogens is 1. The first-order valence-corrected chi connectivity index (χ1v) is 10.0. The number of fused-ring (bicyclic) bond motifs is 3. The monoisotopic (exact) mass is 396 g/mol. The molecule has 2 aliphatic rings. The van der Waals surface area contributed by atoms with E-state index in [4.69, 9.17) is 20.9 Å². The van der Waals surface area contributed by atoms with Gasteiger partial charge in [-0.2, -0.15) is 0 Å². The van der Waals surface area contributed by atoms with Gasteiger partial charge in [-0.15, -0.1) is 0 Å². The van der Waals surface area contributed by atoms with E-state index in [1.54, 1.807) is 7.11 Å². The van der Waals surface area contributed by atoms with Crippen LogP contribution in [0.5, 0.6) is 11.5 Å². The molecular weight excluding hydrogens is 368 g/mol. The second kappa shape index (κ2) is 8.00. The standard InChI is InChI=1S/C22H28N4O3/c1-13-3-5-25-18(7-13)16-11-26-6-4-14-8-21(29-12-22(24)27)20(28-2)9-15(14)19(26)10-17(16)23/h3,5,7-9,16-17,19H,4,6,10-12,23H2,1-2H3,(H2,24,27)/t16-,17-,19-/m0/s1. The van der Waals surface area contributed by atoms with Gasteiger partial charge >= 0.3 is 0 Å². The smallest absolute Gasteiger partial charge is 0.255 e. The van der Waals surface area contributed by atoms with Gasteiger partial charge < -0.3 is 20.9 Å². The zero-order chi connectivity index (χ0) is 20.5. The molecule has 4 N–H and O–H groups in total. The molecule has 0 aliphatic carbocycles. The van der Waals surface area contributed by atoms with Gasteiger partial charge in [0.05, 0.1) is 7.11 Å². The van der Waals surface area contributed by atoms with Crippen LogP contribution in [0.4, 0.5) is 0 Å². The van der Waals surface area contributed by atoms with Gasteiger partial charge in [0.25, 0.3) is 5.91 Å². The number of aryl methyl sites for hydroxylation is 1. The Labute approximate surface area is 171 Å². The fourth-order valence-electron chi connectivity index (χ4n) is 4.56. The van der Waals surface area contributed by atoms with Crippen molar-refractivity contribution in [3.8, 4) is 11.5 Å². The Hall–Kier alpha value is -2.64. The van der Waals surface area contributed by atoms with E-state index in [1.807, 2.05) is 24.4 Å². The number of hydrogen-bond acceptors (Lipinski definition) is 6. The van der Waals surface area contributed by atoms with Crippen LogP contribution < -0.4 is 20.9 Å². The van der Waals surface area contributed by atoms with Crippen LogP contribution in [-0.2, 0) is 11.2 Å². The molecule has 0 radical (unpaired) electrons. The molecule has 2 aromatic rings. The van der Waals surface area contributed by atoms with E-state index in [-0.39, 0.29) is 24.6 Å². The highest BCUT2D eigenvalue weighted by Gasteiger charge is 2.39. The number of methoxy groups -OCH3 is 1. The maximum absolute atomic E-state index is 11.1. The maximum Gasteiger partial charge on any atom is 0.255 e. The van der Waals surface area contributed by atoms with Crippen molar-refractivity contribution < 1.29 is 14.3 Å². The van der Waals surface area contributed by atoms with Crippen LogP contribution in [0.3, 0.4) is 0 Å². The summed E-state index contributed by atoms with van der Waals surface area (Å²) in [5.74, 6) is 0.890. The van der Waals surface area contributed by atoms with E-state index in [9.17, 15) is 4.79 Å². The van der Waals surface area contributed by atoms with Crippen LogP contribution in [0.15, 0.2) is 30.5 Å². The van der Waals surface area contributed by atoms with Gasteiger partial charge in [0.15, 0.2) is 18.1 Å². The largest absolute Gasteiger partial charge is 0.493 e. The normalized spacial score (nSPS) is 23.8. The van der Waals surface area contributed by atoms with Crippen LogP contribution in [-0.4, -0.2) is 48.6 Å². The zero-order valence-corrected chi connectivity index (χ0v) is 16.9. The highest BCUT2D eigenvalue weighted by atomic mass is 16.5. The lowest BCUT2D eigenvalue weighted by Crippen LogP contribution is -2.50.